The van der Waals surface area contributed by atoms with Gasteiger partial charge in [-0.2, -0.15) is 0 Å². The van der Waals surface area contributed by atoms with Crippen LogP contribution in [-0.4, -0.2) is 10.8 Å². The number of benzene rings is 3. The number of fused-ring (bicyclic) bond motifs is 4. The lowest BCUT2D eigenvalue weighted by molar-refractivity contribution is 0.674. The van der Waals surface area contributed by atoms with Crippen LogP contribution in [0.25, 0.3) is 33.6 Å². The van der Waals surface area contributed by atoms with Crippen molar-refractivity contribution in [1.82, 2.24) is 4.57 Å². The summed E-state index contributed by atoms with van der Waals surface area (Å²) in [7, 11) is 0. The van der Waals surface area contributed by atoms with E-state index in [2.05, 4.69) is 109 Å². The van der Waals surface area contributed by atoms with Gasteiger partial charge in [0.25, 0.3) is 0 Å². The molecule has 194 valence electrons. The third-order valence-electron chi connectivity index (χ3n) is 8.07. The zero-order valence-corrected chi connectivity index (χ0v) is 22.9. The molecule has 1 aromatic heterocycles. The maximum Gasteiger partial charge on any atom is 0.0637 e. The topological polar surface area (TPSA) is 17.3 Å². The van der Waals surface area contributed by atoms with Crippen molar-refractivity contribution < 1.29 is 0 Å². The Kier molecular flexibility index (Phi) is 7.27. The van der Waals surface area contributed by atoms with Gasteiger partial charge in [-0.05, 0) is 110 Å². The van der Waals surface area contributed by atoms with Crippen molar-refractivity contribution >= 4 is 45.5 Å². The molecule has 2 nitrogen and oxygen atoms in total. The number of hydrogen-bond donors (Lipinski definition) is 0. The molecule has 0 atom stereocenters. The Labute approximate surface area is 232 Å². The number of para-hydroxylation sites is 1. The molecule has 0 spiro atoms. The van der Waals surface area contributed by atoms with Crippen LogP contribution in [0.5, 0.6) is 0 Å². The summed E-state index contributed by atoms with van der Waals surface area (Å²) in [5.41, 5.74) is 11.5. The van der Waals surface area contributed by atoms with Gasteiger partial charge in [0.2, 0.25) is 0 Å². The number of hydrogen-bond acceptors (Lipinski definition) is 1. The number of aryl methyl sites for hydroxylation is 1. The third kappa shape index (κ3) is 5.25. The highest BCUT2D eigenvalue weighted by molar-refractivity contribution is 6.11. The van der Waals surface area contributed by atoms with E-state index in [1.807, 2.05) is 12.3 Å². The highest BCUT2D eigenvalue weighted by Gasteiger charge is 2.17. The molecule has 0 fully saturated rings. The fourth-order valence-electron chi connectivity index (χ4n) is 6.04. The van der Waals surface area contributed by atoms with Gasteiger partial charge in [-0.3, -0.25) is 4.99 Å². The van der Waals surface area contributed by atoms with Crippen molar-refractivity contribution in [2.24, 2.45) is 4.99 Å². The molecule has 2 aliphatic carbocycles. The first-order valence-corrected chi connectivity index (χ1v) is 14.3. The number of nitrogens with zero attached hydrogens (tertiary/aromatic N) is 2. The summed E-state index contributed by atoms with van der Waals surface area (Å²) in [6.07, 6.45) is 21.1. The fourth-order valence-corrected chi connectivity index (χ4v) is 6.04. The van der Waals surface area contributed by atoms with Crippen LogP contribution < -0.4 is 0 Å². The summed E-state index contributed by atoms with van der Waals surface area (Å²) in [5.74, 6) is 0. The van der Waals surface area contributed by atoms with Gasteiger partial charge in [0.1, 0.15) is 0 Å². The van der Waals surface area contributed by atoms with Gasteiger partial charge in [0.05, 0.1) is 16.7 Å². The minimum absolute atomic E-state index is 0.967. The molecule has 0 amide bonds. The fraction of sp³-hybridized carbons (Fsp3) is 0.216. The van der Waals surface area contributed by atoms with Crippen LogP contribution in [0.3, 0.4) is 0 Å². The summed E-state index contributed by atoms with van der Waals surface area (Å²) in [4.78, 5) is 4.77. The second-order valence-electron chi connectivity index (χ2n) is 10.7. The predicted octanol–water partition coefficient (Wildman–Crippen LogP) is 10.4. The minimum atomic E-state index is 0.967. The van der Waals surface area contributed by atoms with Crippen LogP contribution in [0, 0.1) is 0 Å². The Balaban J connectivity index is 1.28. The number of allylic oxidation sites excluding steroid dienone is 8. The van der Waals surface area contributed by atoms with E-state index in [0.717, 1.165) is 31.4 Å². The summed E-state index contributed by atoms with van der Waals surface area (Å²) < 4.78 is 2.44. The van der Waals surface area contributed by atoms with Crippen molar-refractivity contribution in [2.75, 3.05) is 0 Å². The molecule has 3 aromatic carbocycles. The molecule has 1 heterocycles. The Morgan fingerprint density at radius 3 is 2.64 bits per heavy atom. The maximum absolute atomic E-state index is 4.77. The molecule has 2 aliphatic rings. The van der Waals surface area contributed by atoms with E-state index in [4.69, 9.17) is 4.99 Å². The zero-order chi connectivity index (χ0) is 26.6. The largest absolute Gasteiger partial charge is 0.313 e. The predicted molar refractivity (Wildman–Crippen MR) is 170 cm³/mol. The highest BCUT2D eigenvalue weighted by atomic mass is 15.0. The molecule has 0 saturated heterocycles. The second kappa shape index (κ2) is 11.3. The molecule has 0 bridgehead atoms. The smallest absolute Gasteiger partial charge is 0.0637 e. The molecule has 0 radical (unpaired) electrons. The second-order valence-corrected chi connectivity index (χ2v) is 10.7. The van der Waals surface area contributed by atoms with E-state index in [0.29, 0.717) is 0 Å². The first-order chi connectivity index (χ1) is 19.2. The van der Waals surface area contributed by atoms with Crippen molar-refractivity contribution in [3.63, 3.8) is 0 Å². The van der Waals surface area contributed by atoms with Gasteiger partial charge in [-0.15, -0.1) is 0 Å². The summed E-state index contributed by atoms with van der Waals surface area (Å²) in [6, 6.07) is 24.0. The van der Waals surface area contributed by atoms with E-state index in [1.54, 1.807) is 0 Å². The summed E-state index contributed by atoms with van der Waals surface area (Å²) in [6.45, 7) is 6.51. The van der Waals surface area contributed by atoms with Crippen LogP contribution in [0.15, 0.2) is 119 Å². The van der Waals surface area contributed by atoms with E-state index >= 15 is 0 Å². The van der Waals surface area contributed by atoms with Gasteiger partial charge in [0, 0.05) is 22.7 Å². The summed E-state index contributed by atoms with van der Waals surface area (Å²) in [5, 5.41) is 2.51. The highest BCUT2D eigenvalue weighted by Crippen LogP contribution is 2.37. The Bertz CT molecular complexity index is 1700. The molecule has 2 heteroatoms. The van der Waals surface area contributed by atoms with Crippen LogP contribution in [0.2, 0.25) is 0 Å². The summed E-state index contributed by atoms with van der Waals surface area (Å²) >= 11 is 0. The van der Waals surface area contributed by atoms with E-state index in [-0.39, 0.29) is 0 Å². The third-order valence-corrected chi connectivity index (χ3v) is 8.07. The van der Waals surface area contributed by atoms with Gasteiger partial charge in [0.15, 0.2) is 0 Å². The van der Waals surface area contributed by atoms with Gasteiger partial charge >= 0.3 is 0 Å². The van der Waals surface area contributed by atoms with E-state index in [1.165, 1.54) is 74.6 Å². The lowest BCUT2D eigenvalue weighted by Crippen LogP contribution is -2.04. The van der Waals surface area contributed by atoms with Crippen molar-refractivity contribution in [1.29, 1.82) is 0 Å². The average Bonchev–Trinajstić information content (AvgIpc) is 3.28. The molecule has 0 unspecified atom stereocenters. The van der Waals surface area contributed by atoms with Crippen molar-refractivity contribution in [2.45, 2.75) is 51.9 Å². The lowest BCUT2D eigenvalue weighted by atomic mass is 9.91. The maximum atomic E-state index is 4.77. The minimum Gasteiger partial charge on any atom is -0.313 e. The zero-order valence-electron chi connectivity index (χ0n) is 22.9. The molecule has 0 saturated carbocycles. The first-order valence-electron chi connectivity index (χ1n) is 14.3. The first kappa shape index (κ1) is 25.1. The lowest BCUT2D eigenvalue weighted by Gasteiger charge is -2.19. The molecular formula is C37H36N2. The van der Waals surface area contributed by atoms with Crippen LogP contribution in [-0.2, 0) is 6.42 Å². The van der Waals surface area contributed by atoms with Crippen molar-refractivity contribution in [3.05, 3.63) is 125 Å². The van der Waals surface area contributed by atoms with Gasteiger partial charge in [-0.1, -0.05) is 73.7 Å². The number of rotatable bonds is 5. The molecule has 0 N–H and O–H groups in total. The Morgan fingerprint density at radius 1 is 0.846 bits per heavy atom. The van der Waals surface area contributed by atoms with Gasteiger partial charge in [-0.25, -0.2) is 0 Å². The molecule has 39 heavy (non-hydrogen) atoms. The number of aromatic nitrogens is 1. The quantitative estimate of drug-likeness (QED) is 0.188. The van der Waals surface area contributed by atoms with Crippen molar-refractivity contribution in [3.8, 4) is 0 Å². The normalized spacial score (nSPS) is 18.3. The Morgan fingerprint density at radius 2 is 1.69 bits per heavy atom. The molecule has 4 aromatic rings. The molecular weight excluding hydrogens is 472 g/mol. The Hall–Kier alpha value is -4.17. The number of aliphatic imine (C=N–C) groups is 1. The van der Waals surface area contributed by atoms with Crippen LogP contribution >= 0.6 is 0 Å². The van der Waals surface area contributed by atoms with E-state index < -0.39 is 0 Å². The molecule has 0 aliphatic heterocycles. The SMILES string of the molecule is C=C1CCCCC/C=C1/C(C)=C/C=C\C=Nc1ccc2c(c1)c1ccccc1n2C1=Cc2ccccc2CC1. The monoisotopic (exact) mass is 508 g/mol. The van der Waals surface area contributed by atoms with Gasteiger partial charge < -0.3 is 4.57 Å². The van der Waals surface area contributed by atoms with Crippen LogP contribution in [0.4, 0.5) is 5.69 Å². The molecule has 6 rings (SSSR count). The van der Waals surface area contributed by atoms with Crippen LogP contribution in [0.1, 0.15) is 56.6 Å². The average molecular weight is 509 g/mol. The standard InChI is InChI=1S/C37H36N2/c1-27-13-5-3-4-6-17-33(27)28(2)14-11-12-24-38-31-21-23-37-35(26-31)34-18-9-10-19-36(34)39(37)32-22-20-29-15-7-8-16-30(29)25-32/h7-12,14-19,21,23-26H,1,3-6,13,20,22H2,2H3/b12-11-,28-14+,33-17+,38-24?. The van der Waals surface area contributed by atoms with E-state index in [9.17, 15) is 0 Å².